The average molecular weight is 333 g/mol. The Balaban J connectivity index is 1.71. The molecule has 0 radical (unpaired) electrons. The van der Waals surface area contributed by atoms with Crippen LogP contribution >= 0.6 is 11.3 Å². The predicted molar refractivity (Wildman–Crippen MR) is 87.1 cm³/mol. The van der Waals surface area contributed by atoms with E-state index >= 15 is 0 Å². The number of carbonyl (C=O) groups is 2. The maximum absolute atomic E-state index is 13.7. The highest BCUT2D eigenvalue weighted by Crippen LogP contribution is 2.27. The molecule has 2 aromatic rings. The molecule has 7 heteroatoms. The van der Waals surface area contributed by atoms with Crippen molar-refractivity contribution in [2.75, 3.05) is 16.8 Å². The molecule has 1 unspecified atom stereocenters. The van der Waals surface area contributed by atoms with Crippen LogP contribution in [0, 0.1) is 25.6 Å². The summed E-state index contributed by atoms with van der Waals surface area (Å²) in [6, 6.07) is 4.65. The third kappa shape index (κ3) is 3.24. The van der Waals surface area contributed by atoms with Crippen molar-refractivity contribution in [3.05, 3.63) is 40.7 Å². The van der Waals surface area contributed by atoms with Crippen molar-refractivity contribution in [1.29, 1.82) is 0 Å². The van der Waals surface area contributed by atoms with Gasteiger partial charge in [0.2, 0.25) is 11.8 Å². The number of anilines is 2. The molecule has 23 heavy (non-hydrogen) atoms. The van der Waals surface area contributed by atoms with E-state index in [0.29, 0.717) is 16.4 Å². The summed E-state index contributed by atoms with van der Waals surface area (Å²) in [7, 11) is 0. The normalized spacial score (nSPS) is 17.6. The first-order valence-electron chi connectivity index (χ1n) is 7.24. The molecular weight excluding hydrogens is 317 g/mol. The maximum atomic E-state index is 13.7. The number of aromatic nitrogens is 1. The van der Waals surface area contributed by atoms with E-state index in [4.69, 9.17) is 0 Å². The van der Waals surface area contributed by atoms with Crippen molar-refractivity contribution in [2.24, 2.45) is 5.92 Å². The summed E-state index contributed by atoms with van der Waals surface area (Å²) in [5.74, 6) is -1.23. The lowest BCUT2D eigenvalue weighted by Crippen LogP contribution is -2.28. The van der Waals surface area contributed by atoms with Gasteiger partial charge in [-0.3, -0.25) is 9.59 Å². The van der Waals surface area contributed by atoms with Crippen LogP contribution in [0.25, 0.3) is 0 Å². The molecule has 1 atom stereocenters. The zero-order valence-corrected chi connectivity index (χ0v) is 13.6. The lowest BCUT2D eigenvalue weighted by molar-refractivity contribution is -0.122. The Morgan fingerprint density at radius 2 is 2.22 bits per heavy atom. The lowest BCUT2D eigenvalue weighted by Gasteiger charge is -2.17. The van der Waals surface area contributed by atoms with Gasteiger partial charge in [-0.05, 0) is 31.5 Å². The minimum atomic E-state index is -0.462. The zero-order chi connectivity index (χ0) is 16.6. The van der Waals surface area contributed by atoms with Gasteiger partial charge in [-0.25, -0.2) is 9.37 Å². The topological polar surface area (TPSA) is 62.3 Å². The molecule has 1 saturated heterocycles. The highest BCUT2D eigenvalue weighted by molar-refractivity contribution is 7.15. The van der Waals surface area contributed by atoms with E-state index in [1.54, 1.807) is 25.3 Å². The van der Waals surface area contributed by atoms with E-state index in [1.165, 1.54) is 22.3 Å². The van der Waals surface area contributed by atoms with Crippen molar-refractivity contribution in [2.45, 2.75) is 20.3 Å². The summed E-state index contributed by atoms with van der Waals surface area (Å²) in [4.78, 5) is 31.0. The quantitative estimate of drug-likeness (QED) is 0.939. The maximum Gasteiger partial charge on any atom is 0.231 e. The highest BCUT2D eigenvalue weighted by atomic mass is 32.1. The van der Waals surface area contributed by atoms with Gasteiger partial charge < -0.3 is 10.2 Å². The molecule has 5 nitrogen and oxygen atoms in total. The van der Waals surface area contributed by atoms with Gasteiger partial charge in [0.05, 0.1) is 5.92 Å². The number of aryl methyl sites for hydroxylation is 2. The van der Waals surface area contributed by atoms with Crippen molar-refractivity contribution in [1.82, 2.24) is 4.98 Å². The number of hydrogen-bond donors (Lipinski definition) is 1. The summed E-state index contributed by atoms with van der Waals surface area (Å²) < 4.78 is 13.7. The smallest absolute Gasteiger partial charge is 0.231 e. The molecular formula is C16H16FN3O2S. The van der Waals surface area contributed by atoms with Gasteiger partial charge in [-0.1, -0.05) is 6.07 Å². The van der Waals surface area contributed by atoms with Gasteiger partial charge in [-0.2, -0.15) is 0 Å². The molecule has 1 fully saturated rings. The van der Waals surface area contributed by atoms with Crippen LogP contribution in [0.4, 0.5) is 15.2 Å². The third-order valence-electron chi connectivity index (χ3n) is 3.81. The monoisotopic (exact) mass is 333 g/mol. The fourth-order valence-corrected chi connectivity index (χ4v) is 3.17. The van der Waals surface area contributed by atoms with Gasteiger partial charge in [-0.15, -0.1) is 11.3 Å². The molecule has 1 N–H and O–H groups in total. The summed E-state index contributed by atoms with van der Waals surface area (Å²) in [6.45, 7) is 3.81. The number of hydrogen-bond acceptors (Lipinski definition) is 4. The second-order valence-corrected chi connectivity index (χ2v) is 6.84. The fraction of sp³-hybridized carbons (Fsp3) is 0.312. The van der Waals surface area contributed by atoms with Crippen LogP contribution in [0.15, 0.2) is 24.4 Å². The number of nitrogens with one attached hydrogen (secondary N) is 1. The summed E-state index contributed by atoms with van der Waals surface area (Å²) in [5, 5.41) is 3.26. The first-order chi connectivity index (χ1) is 10.9. The first kappa shape index (κ1) is 15.6. The highest BCUT2D eigenvalue weighted by Gasteiger charge is 2.35. The van der Waals surface area contributed by atoms with Crippen molar-refractivity contribution in [3.63, 3.8) is 0 Å². The molecule has 0 bridgehead atoms. The summed E-state index contributed by atoms with van der Waals surface area (Å²) in [5.41, 5.74) is 1.01. The molecule has 1 aliphatic heterocycles. The molecule has 0 aliphatic carbocycles. The number of amides is 2. The molecule has 3 rings (SSSR count). The molecule has 0 spiro atoms. The number of halogens is 1. The van der Waals surface area contributed by atoms with Gasteiger partial charge in [0.1, 0.15) is 5.82 Å². The Bertz CT molecular complexity index is 774. The van der Waals surface area contributed by atoms with Gasteiger partial charge in [0, 0.05) is 29.7 Å². The van der Waals surface area contributed by atoms with Crippen molar-refractivity contribution >= 4 is 34.0 Å². The van der Waals surface area contributed by atoms with E-state index in [-0.39, 0.29) is 30.6 Å². The Morgan fingerprint density at radius 1 is 1.43 bits per heavy atom. The van der Waals surface area contributed by atoms with Crippen LogP contribution in [0.2, 0.25) is 0 Å². The molecule has 120 valence electrons. The van der Waals surface area contributed by atoms with Crippen LogP contribution in [-0.2, 0) is 9.59 Å². The minimum Gasteiger partial charge on any atom is -0.311 e. The fourth-order valence-electron chi connectivity index (χ4n) is 2.50. The SMILES string of the molecule is Cc1cnc(NC(=O)C2CC(=O)N(c3ccc(C)c(F)c3)C2)s1. The van der Waals surface area contributed by atoms with Gasteiger partial charge in [0.15, 0.2) is 5.13 Å². The number of nitrogens with zero attached hydrogens (tertiary/aromatic N) is 2. The van der Waals surface area contributed by atoms with Crippen LogP contribution in [0.5, 0.6) is 0 Å². The van der Waals surface area contributed by atoms with Crippen LogP contribution < -0.4 is 10.2 Å². The first-order valence-corrected chi connectivity index (χ1v) is 8.05. The second kappa shape index (κ2) is 6.08. The molecule has 2 amide bonds. The van der Waals surface area contributed by atoms with Crippen LogP contribution in [0.1, 0.15) is 16.9 Å². The lowest BCUT2D eigenvalue weighted by atomic mass is 10.1. The minimum absolute atomic E-state index is 0.117. The zero-order valence-electron chi connectivity index (χ0n) is 12.8. The largest absolute Gasteiger partial charge is 0.311 e. The number of carbonyl (C=O) groups excluding carboxylic acids is 2. The van der Waals surface area contributed by atoms with Crippen molar-refractivity contribution < 1.29 is 14.0 Å². The van der Waals surface area contributed by atoms with E-state index < -0.39 is 5.92 Å². The second-order valence-electron chi connectivity index (χ2n) is 5.60. The molecule has 1 aromatic heterocycles. The van der Waals surface area contributed by atoms with E-state index in [9.17, 15) is 14.0 Å². The molecule has 2 heterocycles. The summed E-state index contributed by atoms with van der Waals surface area (Å²) in [6.07, 6.45) is 1.80. The standard InChI is InChI=1S/C16H16FN3O2S/c1-9-3-4-12(6-13(9)17)20-8-11(5-14(20)21)15(22)19-16-18-7-10(2)23-16/h3-4,6-7,11H,5,8H2,1-2H3,(H,18,19,22). The Hall–Kier alpha value is -2.28. The predicted octanol–water partition coefficient (Wildman–Crippen LogP) is 2.89. The Morgan fingerprint density at radius 3 is 2.87 bits per heavy atom. The van der Waals surface area contributed by atoms with E-state index in [2.05, 4.69) is 10.3 Å². The Kier molecular flexibility index (Phi) is 4.12. The van der Waals surface area contributed by atoms with Gasteiger partial charge in [0.25, 0.3) is 0 Å². The van der Waals surface area contributed by atoms with E-state index in [0.717, 1.165) is 4.88 Å². The third-order valence-corrected chi connectivity index (χ3v) is 4.64. The van der Waals surface area contributed by atoms with E-state index in [1.807, 2.05) is 6.92 Å². The molecule has 1 aliphatic rings. The number of rotatable bonds is 3. The van der Waals surface area contributed by atoms with Crippen LogP contribution in [0.3, 0.4) is 0 Å². The Labute approximate surface area is 137 Å². The van der Waals surface area contributed by atoms with Crippen LogP contribution in [-0.4, -0.2) is 23.3 Å². The molecule has 0 saturated carbocycles. The average Bonchev–Trinajstić information content (AvgIpc) is 3.08. The van der Waals surface area contributed by atoms with Crippen molar-refractivity contribution in [3.8, 4) is 0 Å². The van der Waals surface area contributed by atoms with Gasteiger partial charge >= 0.3 is 0 Å². The number of thiazole rings is 1. The molecule has 1 aromatic carbocycles. The summed E-state index contributed by atoms with van der Waals surface area (Å²) >= 11 is 1.39. The number of benzene rings is 1.